The third-order valence-electron chi connectivity index (χ3n) is 5.72. The van der Waals surface area contributed by atoms with E-state index in [0.29, 0.717) is 49.8 Å². The van der Waals surface area contributed by atoms with Crippen LogP contribution in [0.2, 0.25) is 0 Å². The SMILES string of the molecule is COc1ccc(NC(=O)C(C)N2CCN(C(=O)Cc3ccc(C)cc3)CC2)cc1OC. The van der Waals surface area contributed by atoms with Crippen LogP contribution in [0, 0.1) is 6.92 Å². The van der Waals surface area contributed by atoms with Gasteiger partial charge in [0, 0.05) is 37.9 Å². The van der Waals surface area contributed by atoms with Gasteiger partial charge in [-0.1, -0.05) is 29.8 Å². The molecule has 7 nitrogen and oxygen atoms in total. The Balaban J connectivity index is 1.51. The van der Waals surface area contributed by atoms with Crippen molar-refractivity contribution in [2.75, 3.05) is 45.7 Å². The van der Waals surface area contributed by atoms with E-state index in [9.17, 15) is 9.59 Å². The van der Waals surface area contributed by atoms with Crippen LogP contribution < -0.4 is 14.8 Å². The highest BCUT2D eigenvalue weighted by molar-refractivity contribution is 5.94. The molecule has 1 heterocycles. The zero-order valence-electron chi connectivity index (χ0n) is 18.7. The average Bonchev–Trinajstić information content (AvgIpc) is 2.80. The van der Waals surface area contributed by atoms with Crippen LogP contribution in [-0.2, 0) is 16.0 Å². The fourth-order valence-electron chi connectivity index (χ4n) is 3.68. The Morgan fingerprint density at radius 3 is 2.23 bits per heavy atom. The molecule has 2 aromatic rings. The van der Waals surface area contributed by atoms with Crippen molar-refractivity contribution in [1.82, 2.24) is 9.80 Å². The number of rotatable bonds is 7. The largest absolute Gasteiger partial charge is 0.493 e. The van der Waals surface area contributed by atoms with Crippen molar-refractivity contribution in [2.45, 2.75) is 26.3 Å². The molecule has 31 heavy (non-hydrogen) atoms. The molecule has 1 N–H and O–H groups in total. The van der Waals surface area contributed by atoms with Crippen LogP contribution >= 0.6 is 0 Å². The zero-order chi connectivity index (χ0) is 22.4. The Kier molecular flexibility index (Phi) is 7.52. The van der Waals surface area contributed by atoms with E-state index in [-0.39, 0.29) is 17.9 Å². The molecule has 2 amide bonds. The molecule has 1 aliphatic heterocycles. The van der Waals surface area contributed by atoms with Gasteiger partial charge in [-0.05, 0) is 31.5 Å². The molecule has 0 spiro atoms. The van der Waals surface area contributed by atoms with Crippen molar-refractivity contribution in [1.29, 1.82) is 0 Å². The Bertz CT molecular complexity index is 906. The minimum Gasteiger partial charge on any atom is -0.493 e. The molecule has 2 aromatic carbocycles. The molecule has 0 aromatic heterocycles. The van der Waals surface area contributed by atoms with Crippen molar-refractivity contribution < 1.29 is 19.1 Å². The van der Waals surface area contributed by atoms with E-state index in [4.69, 9.17) is 9.47 Å². The van der Waals surface area contributed by atoms with Gasteiger partial charge in [0.1, 0.15) is 0 Å². The highest BCUT2D eigenvalue weighted by Gasteiger charge is 2.27. The first-order chi connectivity index (χ1) is 14.9. The van der Waals surface area contributed by atoms with E-state index in [0.717, 1.165) is 5.56 Å². The normalized spacial score (nSPS) is 15.3. The van der Waals surface area contributed by atoms with Gasteiger partial charge in [-0.2, -0.15) is 0 Å². The first-order valence-electron chi connectivity index (χ1n) is 10.5. The van der Waals surface area contributed by atoms with Crippen LogP contribution in [-0.4, -0.2) is 68.1 Å². The summed E-state index contributed by atoms with van der Waals surface area (Å²) in [6.07, 6.45) is 0.412. The zero-order valence-corrected chi connectivity index (χ0v) is 18.7. The predicted molar refractivity (Wildman–Crippen MR) is 121 cm³/mol. The monoisotopic (exact) mass is 425 g/mol. The topological polar surface area (TPSA) is 71.1 Å². The van der Waals surface area contributed by atoms with E-state index in [1.54, 1.807) is 32.4 Å². The van der Waals surface area contributed by atoms with Crippen LogP contribution in [0.1, 0.15) is 18.1 Å². The van der Waals surface area contributed by atoms with Crippen molar-refractivity contribution in [2.24, 2.45) is 0 Å². The number of carbonyl (C=O) groups is 2. The number of aryl methyl sites for hydroxylation is 1. The van der Waals surface area contributed by atoms with Gasteiger partial charge in [-0.3, -0.25) is 14.5 Å². The Labute approximate surface area is 183 Å². The lowest BCUT2D eigenvalue weighted by Crippen LogP contribution is -2.54. The second-order valence-electron chi connectivity index (χ2n) is 7.81. The number of benzene rings is 2. The standard InChI is InChI=1S/C24H31N3O4/c1-17-5-7-19(8-6-17)15-23(28)27-13-11-26(12-14-27)18(2)24(29)25-20-9-10-21(30-3)22(16-20)31-4/h5-10,16,18H,11-15H2,1-4H3,(H,25,29). The maximum absolute atomic E-state index is 12.7. The lowest BCUT2D eigenvalue weighted by Gasteiger charge is -2.37. The van der Waals surface area contributed by atoms with Crippen LogP contribution in [0.5, 0.6) is 11.5 Å². The minimum atomic E-state index is -0.303. The summed E-state index contributed by atoms with van der Waals surface area (Å²) in [5.41, 5.74) is 2.87. The van der Waals surface area contributed by atoms with E-state index in [2.05, 4.69) is 10.2 Å². The molecule has 3 rings (SSSR count). The fourth-order valence-corrected chi connectivity index (χ4v) is 3.68. The number of hydrogen-bond donors (Lipinski definition) is 1. The van der Waals surface area contributed by atoms with Crippen molar-refractivity contribution in [3.63, 3.8) is 0 Å². The maximum Gasteiger partial charge on any atom is 0.241 e. The van der Waals surface area contributed by atoms with Gasteiger partial charge in [0.15, 0.2) is 11.5 Å². The molecule has 166 valence electrons. The van der Waals surface area contributed by atoms with Crippen LogP contribution in [0.25, 0.3) is 0 Å². The molecular formula is C24H31N3O4. The molecule has 0 bridgehead atoms. The van der Waals surface area contributed by atoms with Gasteiger partial charge in [-0.15, -0.1) is 0 Å². The highest BCUT2D eigenvalue weighted by Crippen LogP contribution is 2.29. The van der Waals surface area contributed by atoms with Crippen LogP contribution in [0.4, 0.5) is 5.69 Å². The molecule has 1 aliphatic rings. The van der Waals surface area contributed by atoms with E-state index >= 15 is 0 Å². The number of amides is 2. The van der Waals surface area contributed by atoms with E-state index in [1.165, 1.54) is 5.56 Å². The maximum atomic E-state index is 12.7. The molecule has 1 atom stereocenters. The minimum absolute atomic E-state index is 0.0911. The summed E-state index contributed by atoms with van der Waals surface area (Å²) in [5.74, 6) is 1.21. The number of hydrogen-bond acceptors (Lipinski definition) is 5. The Hall–Kier alpha value is -3.06. The highest BCUT2D eigenvalue weighted by atomic mass is 16.5. The molecule has 1 fully saturated rings. The molecule has 1 unspecified atom stereocenters. The Morgan fingerprint density at radius 1 is 0.968 bits per heavy atom. The summed E-state index contributed by atoms with van der Waals surface area (Å²) in [7, 11) is 3.13. The first-order valence-corrected chi connectivity index (χ1v) is 10.5. The second kappa shape index (κ2) is 10.3. The third kappa shape index (κ3) is 5.76. The average molecular weight is 426 g/mol. The summed E-state index contributed by atoms with van der Waals surface area (Å²) in [4.78, 5) is 29.4. The van der Waals surface area contributed by atoms with Gasteiger partial charge < -0.3 is 19.7 Å². The number of methoxy groups -OCH3 is 2. The Morgan fingerprint density at radius 2 is 1.61 bits per heavy atom. The number of ether oxygens (including phenoxy) is 2. The quantitative estimate of drug-likeness (QED) is 0.739. The van der Waals surface area contributed by atoms with Crippen molar-refractivity contribution in [3.8, 4) is 11.5 Å². The summed E-state index contributed by atoms with van der Waals surface area (Å²) >= 11 is 0. The second-order valence-corrected chi connectivity index (χ2v) is 7.81. The molecule has 0 saturated carbocycles. The molecule has 0 aliphatic carbocycles. The molecular weight excluding hydrogens is 394 g/mol. The number of nitrogens with zero attached hydrogens (tertiary/aromatic N) is 2. The van der Waals surface area contributed by atoms with Gasteiger partial charge in [-0.25, -0.2) is 0 Å². The fraction of sp³-hybridized carbons (Fsp3) is 0.417. The van der Waals surface area contributed by atoms with Gasteiger partial charge >= 0.3 is 0 Å². The van der Waals surface area contributed by atoms with Crippen molar-refractivity contribution in [3.05, 3.63) is 53.6 Å². The predicted octanol–water partition coefficient (Wildman–Crippen LogP) is 2.73. The molecule has 0 radical (unpaired) electrons. The van der Waals surface area contributed by atoms with Crippen LogP contribution in [0.15, 0.2) is 42.5 Å². The van der Waals surface area contributed by atoms with E-state index < -0.39 is 0 Å². The third-order valence-corrected chi connectivity index (χ3v) is 5.72. The number of carbonyl (C=O) groups excluding carboxylic acids is 2. The van der Waals surface area contributed by atoms with Gasteiger partial charge in [0.25, 0.3) is 0 Å². The van der Waals surface area contributed by atoms with Crippen molar-refractivity contribution >= 4 is 17.5 Å². The number of piperazine rings is 1. The summed E-state index contributed by atoms with van der Waals surface area (Å²) in [6, 6.07) is 13.0. The van der Waals surface area contributed by atoms with Crippen LogP contribution in [0.3, 0.4) is 0 Å². The smallest absolute Gasteiger partial charge is 0.241 e. The number of nitrogens with one attached hydrogen (secondary N) is 1. The van der Waals surface area contributed by atoms with Gasteiger partial charge in [0.05, 0.1) is 26.7 Å². The van der Waals surface area contributed by atoms with Gasteiger partial charge in [0.2, 0.25) is 11.8 Å². The summed E-state index contributed by atoms with van der Waals surface area (Å²) in [5, 5.41) is 2.94. The summed E-state index contributed by atoms with van der Waals surface area (Å²) < 4.78 is 10.5. The first kappa shape index (κ1) is 22.6. The lowest BCUT2D eigenvalue weighted by molar-refractivity contribution is -0.133. The molecule has 1 saturated heterocycles. The lowest BCUT2D eigenvalue weighted by atomic mass is 10.1. The number of anilines is 1. The molecule has 7 heteroatoms. The van der Waals surface area contributed by atoms with E-state index in [1.807, 2.05) is 43.0 Å². The summed E-state index contributed by atoms with van der Waals surface area (Å²) in [6.45, 7) is 6.50.